The van der Waals surface area contributed by atoms with E-state index >= 15 is 0 Å². The largest absolute Gasteiger partial charge is 0.462 e. The zero-order valence-corrected chi connectivity index (χ0v) is 54.0. The number of carbonyl (C=O) groups is 3. The molecule has 1 unspecified atom stereocenters. The molecule has 0 amide bonds. The van der Waals surface area contributed by atoms with E-state index in [0.29, 0.717) is 19.3 Å². The van der Waals surface area contributed by atoms with E-state index < -0.39 is 6.10 Å². The van der Waals surface area contributed by atoms with E-state index in [0.717, 1.165) is 128 Å². The highest BCUT2D eigenvalue weighted by Gasteiger charge is 2.19. The SMILES string of the molecule is CC/C=C\C/C=C\C/C=C\C/C=C\C/C=C\C/C=C\C/C=C\C/C=C\C/C=C\CCCCCC(=O)OCC(COC(=O)CCCCCCC)OC(=O)CCCCCCCCCCCCCCCCCCCCCCCCCCCCCC. The van der Waals surface area contributed by atoms with Crippen molar-refractivity contribution < 1.29 is 28.6 Å². The first-order valence-electron chi connectivity index (χ1n) is 34.9. The van der Waals surface area contributed by atoms with Crippen molar-refractivity contribution in [2.24, 2.45) is 0 Å². The average molecular weight is 1140 g/mol. The van der Waals surface area contributed by atoms with Crippen molar-refractivity contribution in [3.63, 3.8) is 0 Å². The standard InChI is InChI=1S/C76H130O6/c1-4-7-10-13-15-17-19-21-23-25-27-29-31-33-35-37-38-39-41-42-44-46-48-50-52-54-56-58-60-63-66-69-75(78)81-72-73(71-80-74(77)68-65-62-12-9-6-3)82-76(79)70-67-64-61-59-57-55-53-51-49-47-45-43-40-36-34-32-30-28-26-24-22-20-18-16-14-11-8-5-2/h7,10,15,17,21,23,27,29,33,35,38-39,42,44,48,50,54,56,73H,4-6,8-9,11-14,16,18-20,22,24-26,28,30-32,34,36-37,40-41,43,45-47,49,51-53,55,57-72H2,1-3H3/b10-7-,17-15-,23-21-,29-27-,35-33-,39-38-,44-42-,50-48-,56-54-. The van der Waals surface area contributed by atoms with Crippen LogP contribution in [0, 0.1) is 0 Å². The minimum absolute atomic E-state index is 0.0876. The first-order chi connectivity index (χ1) is 40.5. The summed E-state index contributed by atoms with van der Waals surface area (Å²) >= 11 is 0. The molecule has 0 saturated heterocycles. The van der Waals surface area contributed by atoms with E-state index in [1.165, 1.54) is 167 Å². The summed E-state index contributed by atoms with van der Waals surface area (Å²) in [6.07, 6.45) is 96.0. The molecule has 0 N–H and O–H groups in total. The molecule has 0 saturated carbocycles. The van der Waals surface area contributed by atoms with Crippen molar-refractivity contribution in [2.45, 2.75) is 341 Å². The minimum atomic E-state index is -0.789. The van der Waals surface area contributed by atoms with Gasteiger partial charge >= 0.3 is 17.9 Å². The van der Waals surface area contributed by atoms with Gasteiger partial charge in [0.15, 0.2) is 6.10 Å². The van der Waals surface area contributed by atoms with Gasteiger partial charge in [0.2, 0.25) is 0 Å². The van der Waals surface area contributed by atoms with Crippen molar-refractivity contribution in [3.8, 4) is 0 Å². The third-order valence-corrected chi connectivity index (χ3v) is 15.0. The number of hydrogen-bond donors (Lipinski definition) is 0. The summed E-state index contributed by atoms with van der Waals surface area (Å²) in [5, 5.41) is 0. The van der Waals surface area contributed by atoms with Crippen LogP contribution in [-0.4, -0.2) is 37.2 Å². The summed E-state index contributed by atoms with van der Waals surface area (Å²) in [4.78, 5) is 38.0. The maximum atomic E-state index is 12.9. The lowest BCUT2D eigenvalue weighted by molar-refractivity contribution is -0.167. The minimum Gasteiger partial charge on any atom is -0.462 e. The smallest absolute Gasteiger partial charge is 0.306 e. The third-order valence-electron chi connectivity index (χ3n) is 15.0. The normalized spacial score (nSPS) is 12.8. The van der Waals surface area contributed by atoms with Crippen LogP contribution in [0.25, 0.3) is 0 Å². The Morgan fingerprint density at radius 2 is 0.476 bits per heavy atom. The highest BCUT2D eigenvalue weighted by Crippen LogP contribution is 2.18. The van der Waals surface area contributed by atoms with Crippen molar-refractivity contribution >= 4 is 17.9 Å². The molecule has 0 aromatic carbocycles. The second-order valence-electron chi connectivity index (χ2n) is 23.1. The molecule has 0 aromatic rings. The van der Waals surface area contributed by atoms with Crippen LogP contribution in [0.2, 0.25) is 0 Å². The van der Waals surface area contributed by atoms with Crippen LogP contribution in [0.5, 0.6) is 0 Å². The van der Waals surface area contributed by atoms with E-state index in [-0.39, 0.29) is 31.1 Å². The molecule has 6 heteroatoms. The lowest BCUT2D eigenvalue weighted by atomic mass is 10.0. The highest BCUT2D eigenvalue weighted by molar-refractivity contribution is 5.71. The molecule has 82 heavy (non-hydrogen) atoms. The summed E-state index contributed by atoms with van der Waals surface area (Å²) in [6, 6.07) is 0. The summed E-state index contributed by atoms with van der Waals surface area (Å²) in [6.45, 7) is 6.45. The predicted molar refractivity (Wildman–Crippen MR) is 357 cm³/mol. The molecule has 0 aliphatic rings. The Balaban J connectivity index is 4.07. The summed E-state index contributed by atoms with van der Waals surface area (Å²) < 4.78 is 16.8. The fourth-order valence-electron chi connectivity index (χ4n) is 9.85. The Morgan fingerprint density at radius 3 is 0.744 bits per heavy atom. The van der Waals surface area contributed by atoms with E-state index in [9.17, 15) is 14.4 Å². The molecule has 470 valence electrons. The average Bonchev–Trinajstić information content (AvgIpc) is 3.48. The van der Waals surface area contributed by atoms with Gasteiger partial charge in [-0.2, -0.15) is 0 Å². The molecule has 0 aromatic heterocycles. The van der Waals surface area contributed by atoms with E-state index in [4.69, 9.17) is 14.2 Å². The fourth-order valence-corrected chi connectivity index (χ4v) is 9.85. The molecule has 0 bridgehead atoms. The number of ether oxygens (including phenoxy) is 3. The number of allylic oxidation sites excluding steroid dienone is 18. The lowest BCUT2D eigenvalue weighted by Gasteiger charge is -2.18. The zero-order valence-electron chi connectivity index (χ0n) is 54.0. The fraction of sp³-hybridized carbons (Fsp3) is 0.724. The van der Waals surface area contributed by atoms with Crippen molar-refractivity contribution in [1.29, 1.82) is 0 Å². The van der Waals surface area contributed by atoms with E-state index in [1.807, 2.05) is 0 Å². The molecule has 0 radical (unpaired) electrons. The number of carbonyl (C=O) groups excluding carboxylic acids is 3. The van der Waals surface area contributed by atoms with Gasteiger partial charge < -0.3 is 14.2 Å². The predicted octanol–water partition coefficient (Wildman–Crippen LogP) is 24.2. The molecule has 0 aliphatic carbocycles. The van der Waals surface area contributed by atoms with Crippen molar-refractivity contribution in [2.75, 3.05) is 13.2 Å². The van der Waals surface area contributed by atoms with Crippen LogP contribution in [-0.2, 0) is 28.6 Å². The first-order valence-corrected chi connectivity index (χ1v) is 34.9. The molecule has 0 fully saturated rings. The quantitative estimate of drug-likeness (QED) is 0.0261. The summed E-state index contributed by atoms with van der Waals surface area (Å²) in [7, 11) is 0. The zero-order chi connectivity index (χ0) is 59.2. The van der Waals surface area contributed by atoms with Gasteiger partial charge in [0, 0.05) is 19.3 Å². The van der Waals surface area contributed by atoms with Crippen LogP contribution >= 0.6 is 0 Å². The van der Waals surface area contributed by atoms with Crippen LogP contribution in [0.15, 0.2) is 109 Å². The van der Waals surface area contributed by atoms with Gasteiger partial charge in [-0.1, -0.05) is 336 Å². The van der Waals surface area contributed by atoms with Gasteiger partial charge in [-0.05, 0) is 89.9 Å². The maximum Gasteiger partial charge on any atom is 0.306 e. The van der Waals surface area contributed by atoms with E-state index in [2.05, 4.69) is 130 Å². The second-order valence-corrected chi connectivity index (χ2v) is 23.1. The Bertz CT molecular complexity index is 1640. The number of rotatable bonds is 63. The van der Waals surface area contributed by atoms with Gasteiger partial charge in [0.25, 0.3) is 0 Å². The van der Waals surface area contributed by atoms with Crippen LogP contribution in [0.4, 0.5) is 0 Å². The molecular formula is C76H130O6. The molecule has 0 aliphatic heterocycles. The Morgan fingerprint density at radius 1 is 0.256 bits per heavy atom. The molecule has 0 heterocycles. The van der Waals surface area contributed by atoms with Gasteiger partial charge in [0.1, 0.15) is 13.2 Å². The highest BCUT2D eigenvalue weighted by atomic mass is 16.6. The third kappa shape index (κ3) is 66.9. The van der Waals surface area contributed by atoms with Crippen molar-refractivity contribution in [3.05, 3.63) is 109 Å². The molecule has 6 nitrogen and oxygen atoms in total. The Hall–Kier alpha value is -3.93. The summed E-state index contributed by atoms with van der Waals surface area (Å²) in [5.41, 5.74) is 0. The van der Waals surface area contributed by atoms with E-state index in [1.54, 1.807) is 0 Å². The molecule has 0 rings (SSSR count). The molecular weight excluding hydrogens is 1010 g/mol. The Kier molecular flexibility index (Phi) is 66.2. The lowest BCUT2D eigenvalue weighted by Crippen LogP contribution is -2.30. The van der Waals surface area contributed by atoms with Crippen LogP contribution < -0.4 is 0 Å². The summed E-state index contributed by atoms with van der Waals surface area (Å²) in [5.74, 6) is -0.925. The van der Waals surface area contributed by atoms with Crippen LogP contribution in [0.3, 0.4) is 0 Å². The second kappa shape index (κ2) is 69.6. The monoisotopic (exact) mass is 1140 g/mol. The number of hydrogen-bond acceptors (Lipinski definition) is 6. The van der Waals surface area contributed by atoms with Gasteiger partial charge in [-0.15, -0.1) is 0 Å². The Labute approximate surface area is 508 Å². The maximum absolute atomic E-state index is 12.9. The van der Waals surface area contributed by atoms with Gasteiger partial charge in [-0.3, -0.25) is 14.4 Å². The van der Waals surface area contributed by atoms with Crippen molar-refractivity contribution in [1.82, 2.24) is 0 Å². The topological polar surface area (TPSA) is 78.9 Å². The van der Waals surface area contributed by atoms with Crippen LogP contribution in [0.1, 0.15) is 335 Å². The first kappa shape index (κ1) is 78.1. The van der Waals surface area contributed by atoms with Gasteiger partial charge in [-0.25, -0.2) is 0 Å². The molecule has 0 spiro atoms. The number of esters is 3. The number of unbranched alkanes of at least 4 members (excludes halogenated alkanes) is 34. The van der Waals surface area contributed by atoms with Gasteiger partial charge in [0.05, 0.1) is 0 Å². The molecule has 1 atom stereocenters.